The van der Waals surface area contributed by atoms with Crippen LogP contribution in [0.15, 0.2) is 58.1 Å². The number of hydrogen-bond acceptors (Lipinski definition) is 6. The van der Waals surface area contributed by atoms with E-state index in [1.54, 1.807) is 50.5 Å². The Morgan fingerprint density at radius 1 is 1.00 bits per heavy atom. The van der Waals surface area contributed by atoms with Gasteiger partial charge in [0.2, 0.25) is 0 Å². The number of H-pyrrole nitrogens is 1. The summed E-state index contributed by atoms with van der Waals surface area (Å²) in [7, 11) is 3.17. The van der Waals surface area contributed by atoms with Crippen LogP contribution in [0.4, 0.5) is 17.1 Å². The van der Waals surface area contributed by atoms with Crippen molar-refractivity contribution in [3.05, 3.63) is 74.8 Å². The van der Waals surface area contributed by atoms with E-state index in [9.17, 15) is 19.5 Å². The van der Waals surface area contributed by atoms with E-state index < -0.39 is 11.1 Å². The summed E-state index contributed by atoms with van der Waals surface area (Å²) in [6, 6.07) is 13.5. The molecular weight excluding hydrogens is 434 g/mol. The first-order valence-electron chi connectivity index (χ1n) is 11.4. The Labute approximate surface area is 197 Å². The van der Waals surface area contributed by atoms with Gasteiger partial charge in [-0.3, -0.25) is 19.5 Å². The molecule has 0 atom stereocenters. The van der Waals surface area contributed by atoms with Crippen molar-refractivity contribution in [2.45, 2.75) is 38.1 Å². The summed E-state index contributed by atoms with van der Waals surface area (Å²) < 4.78 is 1.17. The van der Waals surface area contributed by atoms with Gasteiger partial charge in [0.1, 0.15) is 11.4 Å². The number of amides is 1. The highest BCUT2D eigenvalue weighted by atomic mass is 16.3. The largest absolute Gasteiger partial charge is 0.505 e. The second kappa shape index (κ2) is 9.86. The molecule has 1 saturated carbocycles. The number of aromatic amines is 1. The topological polar surface area (TPSA) is 119 Å². The summed E-state index contributed by atoms with van der Waals surface area (Å²) in [6.45, 7) is 0. The fourth-order valence-corrected chi connectivity index (χ4v) is 4.20. The van der Waals surface area contributed by atoms with E-state index in [1.807, 2.05) is 6.07 Å². The maximum Gasteiger partial charge on any atom is 0.295 e. The smallest absolute Gasteiger partial charge is 0.295 e. The maximum absolute atomic E-state index is 13.6. The monoisotopic (exact) mass is 463 g/mol. The molecule has 4 rings (SSSR count). The number of rotatable bonds is 6. The van der Waals surface area contributed by atoms with Crippen LogP contribution in [0.2, 0.25) is 0 Å². The van der Waals surface area contributed by atoms with E-state index in [2.05, 4.69) is 15.7 Å². The van der Waals surface area contributed by atoms with Gasteiger partial charge in [-0.05, 0) is 37.1 Å². The van der Waals surface area contributed by atoms with Gasteiger partial charge in [-0.25, -0.2) is 4.68 Å². The van der Waals surface area contributed by atoms with Crippen LogP contribution in [0.25, 0.3) is 5.69 Å². The van der Waals surface area contributed by atoms with Crippen molar-refractivity contribution in [3.8, 4) is 11.4 Å². The molecule has 0 radical (unpaired) electrons. The first kappa shape index (κ1) is 23.2. The van der Waals surface area contributed by atoms with Crippen LogP contribution in [0, 0.1) is 0 Å². The predicted molar refractivity (Wildman–Crippen MR) is 133 cm³/mol. The Bertz CT molecular complexity index is 1290. The molecule has 178 valence electrons. The van der Waals surface area contributed by atoms with Crippen LogP contribution in [-0.4, -0.2) is 45.8 Å². The highest BCUT2D eigenvalue weighted by molar-refractivity contribution is 5.98. The molecule has 9 nitrogen and oxygen atoms in total. The Kier molecular flexibility index (Phi) is 6.72. The van der Waals surface area contributed by atoms with Gasteiger partial charge in [0.25, 0.3) is 17.0 Å². The average Bonchev–Trinajstić information content (AvgIpc) is 2.85. The number of phenols is 1. The number of hydrogen-bond donors (Lipinski definition) is 4. The fraction of sp³-hybridized carbons (Fsp3) is 0.320. The third kappa shape index (κ3) is 4.68. The molecule has 0 bridgehead atoms. The second-order valence-electron chi connectivity index (χ2n) is 8.67. The molecule has 1 amide bonds. The van der Waals surface area contributed by atoms with Gasteiger partial charge < -0.3 is 20.6 Å². The number of nitrogens with zero attached hydrogens (tertiary/aromatic N) is 2. The number of phenolic OH excluding ortho intramolecular Hbond substituents is 1. The van der Waals surface area contributed by atoms with Gasteiger partial charge in [0, 0.05) is 20.1 Å². The predicted octanol–water partition coefficient (Wildman–Crippen LogP) is 3.42. The summed E-state index contributed by atoms with van der Waals surface area (Å²) in [5, 5.41) is 19.7. The first-order chi connectivity index (χ1) is 16.4. The molecule has 2 aromatic carbocycles. The molecule has 1 fully saturated rings. The molecule has 9 heteroatoms. The zero-order valence-electron chi connectivity index (χ0n) is 19.3. The number of carbonyl (C=O) groups excluding carboxylic acids is 1. The molecule has 0 aliphatic heterocycles. The average molecular weight is 464 g/mol. The molecule has 1 aliphatic rings. The van der Waals surface area contributed by atoms with Gasteiger partial charge in [-0.15, -0.1) is 0 Å². The minimum atomic E-state index is -0.493. The van der Waals surface area contributed by atoms with Crippen molar-refractivity contribution in [1.82, 2.24) is 14.7 Å². The summed E-state index contributed by atoms with van der Waals surface area (Å²) in [5.74, 6) is -0.676. The number of para-hydroxylation sites is 2. The molecule has 1 aromatic heterocycles. The number of aromatic nitrogens is 2. The van der Waals surface area contributed by atoms with Gasteiger partial charge in [0.05, 0.1) is 16.9 Å². The molecule has 0 spiro atoms. The zero-order valence-corrected chi connectivity index (χ0v) is 19.3. The van der Waals surface area contributed by atoms with E-state index in [-0.39, 0.29) is 40.3 Å². The van der Waals surface area contributed by atoms with Crippen LogP contribution in [0.1, 0.15) is 42.5 Å². The highest BCUT2D eigenvalue weighted by Gasteiger charge is 2.23. The highest BCUT2D eigenvalue weighted by Crippen LogP contribution is 2.32. The third-order valence-corrected chi connectivity index (χ3v) is 6.01. The minimum absolute atomic E-state index is 0.00271. The fourth-order valence-electron chi connectivity index (χ4n) is 4.20. The van der Waals surface area contributed by atoms with Gasteiger partial charge in [-0.1, -0.05) is 43.5 Å². The van der Waals surface area contributed by atoms with Crippen LogP contribution < -0.4 is 21.8 Å². The van der Waals surface area contributed by atoms with Gasteiger partial charge in [-0.2, -0.15) is 0 Å². The third-order valence-electron chi connectivity index (χ3n) is 6.01. The van der Waals surface area contributed by atoms with Crippen molar-refractivity contribution in [3.63, 3.8) is 0 Å². The lowest BCUT2D eigenvalue weighted by Crippen LogP contribution is -2.35. The maximum atomic E-state index is 13.6. The van der Waals surface area contributed by atoms with Crippen LogP contribution >= 0.6 is 0 Å². The zero-order chi connectivity index (χ0) is 24.2. The summed E-state index contributed by atoms with van der Waals surface area (Å²) in [4.78, 5) is 40.5. The molecule has 3 aromatic rings. The Morgan fingerprint density at radius 3 is 2.38 bits per heavy atom. The molecule has 0 unspecified atom stereocenters. The van der Waals surface area contributed by atoms with Crippen molar-refractivity contribution >= 4 is 23.0 Å². The van der Waals surface area contributed by atoms with E-state index in [0.29, 0.717) is 5.69 Å². The van der Waals surface area contributed by atoms with E-state index in [1.165, 1.54) is 15.6 Å². The van der Waals surface area contributed by atoms with Crippen LogP contribution in [-0.2, 0) is 0 Å². The normalized spacial score (nSPS) is 13.9. The number of carbonyl (C=O) groups is 1. The minimum Gasteiger partial charge on any atom is -0.505 e. The van der Waals surface area contributed by atoms with Gasteiger partial charge in [0.15, 0.2) is 5.75 Å². The Balaban J connectivity index is 1.83. The summed E-state index contributed by atoms with van der Waals surface area (Å²) in [6.07, 6.45) is 5.05. The lowest BCUT2D eigenvalue weighted by atomic mass is 9.95. The number of aromatic hydroxyl groups is 1. The lowest BCUT2D eigenvalue weighted by Gasteiger charge is -2.25. The molecule has 0 saturated heterocycles. The second-order valence-corrected chi connectivity index (χ2v) is 8.67. The number of nitrogens with one attached hydrogen (secondary N) is 3. The van der Waals surface area contributed by atoms with Crippen molar-refractivity contribution in [2.24, 2.45) is 0 Å². The van der Waals surface area contributed by atoms with Crippen molar-refractivity contribution in [2.75, 3.05) is 24.7 Å². The molecular formula is C25H29N5O4. The number of benzene rings is 2. The SMILES string of the molecule is CN(C)C(=O)c1cccc(Nc2c(NC3CCCCC3)c(=O)[nH]n(-c3ccccc3)c2=O)c1O. The van der Waals surface area contributed by atoms with Gasteiger partial charge >= 0.3 is 0 Å². The van der Waals surface area contributed by atoms with E-state index in [4.69, 9.17) is 0 Å². The van der Waals surface area contributed by atoms with E-state index >= 15 is 0 Å². The first-order valence-corrected chi connectivity index (χ1v) is 11.4. The number of anilines is 3. The van der Waals surface area contributed by atoms with Crippen molar-refractivity contribution < 1.29 is 9.90 Å². The lowest BCUT2D eigenvalue weighted by molar-refractivity contribution is 0.0824. The molecule has 1 heterocycles. The quantitative estimate of drug-likeness (QED) is 0.416. The molecule has 1 aliphatic carbocycles. The summed E-state index contributed by atoms with van der Waals surface area (Å²) >= 11 is 0. The van der Waals surface area contributed by atoms with Crippen molar-refractivity contribution in [1.29, 1.82) is 0 Å². The Hall–Kier alpha value is -4.01. The standard InChI is InChI=1S/C25H29N5O4/c1-29(2)24(33)18-14-9-15-19(22(18)31)27-21-20(26-16-10-5-3-6-11-16)23(32)28-30(25(21)34)17-12-7-4-8-13-17/h4,7-9,12-16,26-27,31H,3,5-6,10-11H2,1-2H3,(H,28,32). The van der Waals surface area contributed by atoms with Crippen LogP contribution in [0.3, 0.4) is 0 Å². The van der Waals surface area contributed by atoms with Crippen LogP contribution in [0.5, 0.6) is 5.75 Å². The summed E-state index contributed by atoms with van der Waals surface area (Å²) in [5.41, 5.74) is -0.0931. The molecule has 34 heavy (non-hydrogen) atoms. The van der Waals surface area contributed by atoms with E-state index in [0.717, 1.165) is 32.1 Å². The molecule has 4 N–H and O–H groups in total. The Morgan fingerprint density at radius 2 is 1.71 bits per heavy atom.